The molecule has 3 heteroatoms. The lowest BCUT2D eigenvalue weighted by molar-refractivity contribution is -0.0517. The van der Waals surface area contributed by atoms with Crippen LogP contribution in [0.5, 0.6) is 5.75 Å². The molecule has 2 saturated heterocycles. The number of hydrogen-bond donors (Lipinski definition) is 1. The van der Waals surface area contributed by atoms with E-state index in [2.05, 4.69) is 30.9 Å². The summed E-state index contributed by atoms with van der Waals surface area (Å²) in [5.74, 6) is 1.22. The van der Waals surface area contributed by atoms with Crippen LogP contribution in [0, 0.1) is 19.8 Å². The fourth-order valence-electron chi connectivity index (χ4n) is 3.71. The highest BCUT2D eigenvalue weighted by Crippen LogP contribution is 2.46. The maximum atomic E-state index is 11.2. The highest BCUT2D eigenvalue weighted by molar-refractivity contribution is 5.48. The van der Waals surface area contributed by atoms with E-state index < -0.39 is 5.60 Å². The molecule has 2 heterocycles. The molecule has 0 spiro atoms. The minimum absolute atomic E-state index is 0.345. The van der Waals surface area contributed by atoms with E-state index in [4.69, 9.17) is 4.74 Å². The summed E-state index contributed by atoms with van der Waals surface area (Å²) in [6.07, 6.45) is 1.91. The lowest BCUT2D eigenvalue weighted by atomic mass is 9.76. The summed E-state index contributed by atoms with van der Waals surface area (Å²) in [6, 6.07) is 4.17. The van der Waals surface area contributed by atoms with Crippen LogP contribution in [0.4, 0.5) is 0 Å². The van der Waals surface area contributed by atoms with Crippen molar-refractivity contribution in [3.05, 3.63) is 28.8 Å². The third-order valence-corrected chi connectivity index (χ3v) is 5.10. The summed E-state index contributed by atoms with van der Waals surface area (Å²) in [6.45, 7) is 7.30. The van der Waals surface area contributed by atoms with E-state index in [1.807, 2.05) is 0 Å². The molecule has 0 aromatic heterocycles. The van der Waals surface area contributed by atoms with Gasteiger partial charge in [0.2, 0.25) is 0 Å². The third kappa shape index (κ3) is 1.87. The van der Waals surface area contributed by atoms with Gasteiger partial charge >= 0.3 is 0 Å². The summed E-state index contributed by atoms with van der Waals surface area (Å²) in [5, 5.41) is 11.2. The van der Waals surface area contributed by atoms with Crippen LogP contribution in [0.1, 0.15) is 29.5 Å². The number of nitrogens with zero attached hydrogens (tertiary/aromatic N) is 1. The molecule has 0 saturated carbocycles. The first-order valence-electron chi connectivity index (χ1n) is 7.15. The van der Waals surface area contributed by atoms with E-state index in [0.29, 0.717) is 5.92 Å². The zero-order valence-corrected chi connectivity index (χ0v) is 12.1. The van der Waals surface area contributed by atoms with Crippen LogP contribution >= 0.6 is 0 Å². The molecule has 3 unspecified atom stereocenters. The molecule has 1 aromatic rings. The lowest BCUT2D eigenvalue weighted by Crippen LogP contribution is -2.44. The number of aliphatic hydroxyl groups is 1. The zero-order chi connectivity index (χ0) is 13.6. The van der Waals surface area contributed by atoms with E-state index in [-0.39, 0.29) is 0 Å². The van der Waals surface area contributed by atoms with Crippen molar-refractivity contribution in [1.82, 2.24) is 4.90 Å². The van der Waals surface area contributed by atoms with Crippen molar-refractivity contribution >= 4 is 0 Å². The molecular weight excluding hydrogens is 238 g/mol. The summed E-state index contributed by atoms with van der Waals surface area (Å²) < 4.78 is 5.61. The second kappa shape index (κ2) is 4.50. The molecule has 2 aliphatic rings. The van der Waals surface area contributed by atoms with Gasteiger partial charge in [-0.05, 0) is 44.4 Å². The molecule has 0 radical (unpaired) electrons. The van der Waals surface area contributed by atoms with E-state index in [1.165, 1.54) is 5.56 Å². The molecule has 3 rings (SSSR count). The number of methoxy groups -OCH3 is 1. The van der Waals surface area contributed by atoms with Crippen LogP contribution in [0.25, 0.3) is 0 Å². The zero-order valence-electron chi connectivity index (χ0n) is 12.1. The van der Waals surface area contributed by atoms with Crippen molar-refractivity contribution in [3.8, 4) is 5.75 Å². The largest absolute Gasteiger partial charge is 0.496 e. The van der Waals surface area contributed by atoms with Crippen LogP contribution in [0.3, 0.4) is 0 Å². The molecule has 2 fully saturated rings. The maximum Gasteiger partial charge on any atom is 0.128 e. The van der Waals surface area contributed by atoms with Crippen LogP contribution in [0.2, 0.25) is 0 Å². The Bertz CT molecular complexity index is 500. The van der Waals surface area contributed by atoms with Crippen LogP contribution in [0.15, 0.2) is 12.1 Å². The molecule has 104 valence electrons. The van der Waals surface area contributed by atoms with Gasteiger partial charge in [-0.3, -0.25) is 0 Å². The number of aryl methyl sites for hydroxylation is 1. The highest BCUT2D eigenvalue weighted by Gasteiger charge is 2.47. The summed E-state index contributed by atoms with van der Waals surface area (Å²) in [5.41, 5.74) is 2.64. The first-order valence-corrected chi connectivity index (χ1v) is 7.15. The molecule has 3 nitrogen and oxygen atoms in total. The van der Waals surface area contributed by atoms with E-state index >= 15 is 0 Å². The summed E-state index contributed by atoms with van der Waals surface area (Å²) >= 11 is 0. The molecule has 1 aromatic carbocycles. The van der Waals surface area contributed by atoms with Gasteiger partial charge < -0.3 is 14.7 Å². The molecule has 1 N–H and O–H groups in total. The highest BCUT2D eigenvalue weighted by atomic mass is 16.5. The van der Waals surface area contributed by atoms with Gasteiger partial charge in [0.05, 0.1) is 12.7 Å². The molecule has 0 amide bonds. The Morgan fingerprint density at radius 3 is 2.84 bits per heavy atom. The van der Waals surface area contributed by atoms with Crippen LogP contribution in [-0.4, -0.2) is 36.8 Å². The van der Waals surface area contributed by atoms with Gasteiger partial charge in [0.15, 0.2) is 0 Å². The van der Waals surface area contributed by atoms with Crippen molar-refractivity contribution in [2.45, 2.75) is 32.3 Å². The third-order valence-electron chi connectivity index (χ3n) is 5.10. The van der Waals surface area contributed by atoms with Crippen LogP contribution < -0.4 is 4.74 Å². The van der Waals surface area contributed by atoms with E-state index in [0.717, 1.165) is 49.4 Å². The van der Waals surface area contributed by atoms with Crippen molar-refractivity contribution in [2.24, 2.45) is 5.92 Å². The Morgan fingerprint density at radius 2 is 2.11 bits per heavy atom. The monoisotopic (exact) mass is 261 g/mol. The Hall–Kier alpha value is -1.06. The first-order chi connectivity index (χ1) is 9.06. The summed E-state index contributed by atoms with van der Waals surface area (Å²) in [7, 11) is 1.71. The maximum absolute atomic E-state index is 11.2. The summed E-state index contributed by atoms with van der Waals surface area (Å²) in [4.78, 5) is 2.45. The van der Waals surface area contributed by atoms with E-state index in [1.54, 1.807) is 7.11 Å². The Kier molecular flexibility index (Phi) is 3.06. The molecular formula is C16H23NO2. The average Bonchev–Trinajstić information content (AvgIpc) is 2.82. The Morgan fingerprint density at radius 1 is 1.32 bits per heavy atom. The second-order valence-corrected chi connectivity index (χ2v) is 6.05. The average molecular weight is 261 g/mol. The van der Waals surface area contributed by atoms with Crippen molar-refractivity contribution in [1.29, 1.82) is 0 Å². The minimum Gasteiger partial charge on any atom is -0.496 e. The van der Waals surface area contributed by atoms with Crippen molar-refractivity contribution in [3.63, 3.8) is 0 Å². The van der Waals surface area contributed by atoms with Gasteiger partial charge in [0.1, 0.15) is 5.75 Å². The number of fused-ring (bicyclic) bond motifs is 2. The van der Waals surface area contributed by atoms with Gasteiger partial charge in [0, 0.05) is 24.6 Å². The second-order valence-electron chi connectivity index (χ2n) is 6.05. The Labute approximate surface area is 115 Å². The quantitative estimate of drug-likeness (QED) is 0.886. The number of rotatable bonds is 2. The van der Waals surface area contributed by atoms with Crippen LogP contribution in [-0.2, 0) is 5.60 Å². The number of hydrogen-bond acceptors (Lipinski definition) is 3. The van der Waals surface area contributed by atoms with Gasteiger partial charge in [-0.15, -0.1) is 0 Å². The van der Waals surface area contributed by atoms with Crippen molar-refractivity contribution < 1.29 is 9.84 Å². The smallest absolute Gasteiger partial charge is 0.128 e. The Balaban J connectivity index is 2.08. The van der Waals surface area contributed by atoms with Gasteiger partial charge in [-0.1, -0.05) is 12.1 Å². The molecule has 3 atom stereocenters. The minimum atomic E-state index is -0.712. The predicted octanol–water partition coefficient (Wildman–Crippen LogP) is 2.23. The predicted molar refractivity (Wildman–Crippen MR) is 75.5 cm³/mol. The van der Waals surface area contributed by atoms with Gasteiger partial charge in [-0.25, -0.2) is 0 Å². The molecule has 2 aliphatic heterocycles. The SMILES string of the molecule is COc1c(C2(O)CCN3CCC2C3)ccc(C)c1C. The fraction of sp³-hybridized carbons (Fsp3) is 0.625. The topological polar surface area (TPSA) is 32.7 Å². The lowest BCUT2D eigenvalue weighted by Gasteiger charge is -2.40. The number of piperidine rings is 1. The first kappa shape index (κ1) is 12.9. The molecule has 2 bridgehead atoms. The molecule has 0 aliphatic carbocycles. The normalized spacial score (nSPS) is 33.5. The number of benzene rings is 1. The standard InChI is InChI=1S/C16H23NO2/c1-11-4-5-14(15(19-3)12(11)2)16(18)7-9-17-8-6-13(16)10-17/h4-5,13,18H,6-10H2,1-3H3. The number of ether oxygens (including phenoxy) is 1. The van der Waals surface area contributed by atoms with Gasteiger partial charge in [-0.2, -0.15) is 0 Å². The van der Waals surface area contributed by atoms with Gasteiger partial charge in [0.25, 0.3) is 0 Å². The van der Waals surface area contributed by atoms with Crippen molar-refractivity contribution in [2.75, 3.05) is 26.7 Å². The molecule has 19 heavy (non-hydrogen) atoms. The van der Waals surface area contributed by atoms with E-state index in [9.17, 15) is 5.11 Å². The fourth-order valence-corrected chi connectivity index (χ4v) is 3.71.